The number of ketones is 1. The minimum atomic E-state index is -2.88. The maximum atomic E-state index is 12.4. The summed E-state index contributed by atoms with van der Waals surface area (Å²) in [6.45, 7) is -2.88. The third-order valence-corrected chi connectivity index (χ3v) is 3.70. The van der Waals surface area contributed by atoms with Crippen LogP contribution in [0.5, 0.6) is 5.75 Å². The zero-order valence-corrected chi connectivity index (χ0v) is 11.2. The number of halogens is 2. The van der Waals surface area contributed by atoms with Crippen LogP contribution in [-0.4, -0.2) is 12.4 Å². The number of benzene rings is 2. The van der Waals surface area contributed by atoms with Crippen molar-refractivity contribution in [3.63, 3.8) is 0 Å². The number of carbonyl (C=O) groups excluding carboxylic acids is 1. The van der Waals surface area contributed by atoms with Crippen LogP contribution >= 0.6 is 0 Å². The molecular formula is C17H14F2O2. The van der Waals surface area contributed by atoms with Crippen molar-refractivity contribution in [3.05, 3.63) is 65.7 Å². The molecule has 1 aliphatic rings. The van der Waals surface area contributed by atoms with Gasteiger partial charge in [-0.2, -0.15) is 8.78 Å². The fourth-order valence-electron chi connectivity index (χ4n) is 2.59. The molecule has 2 aromatic carbocycles. The van der Waals surface area contributed by atoms with E-state index >= 15 is 0 Å². The summed E-state index contributed by atoms with van der Waals surface area (Å²) in [5, 5.41) is 0. The van der Waals surface area contributed by atoms with Crippen LogP contribution in [-0.2, 0) is 0 Å². The van der Waals surface area contributed by atoms with E-state index in [1.54, 1.807) is 12.1 Å². The van der Waals surface area contributed by atoms with Gasteiger partial charge in [0, 0.05) is 11.5 Å². The summed E-state index contributed by atoms with van der Waals surface area (Å²) < 4.78 is 28.7. The van der Waals surface area contributed by atoms with Gasteiger partial charge in [-0.15, -0.1) is 0 Å². The maximum Gasteiger partial charge on any atom is 0.387 e. The standard InChI is InChI=1S/C17H14F2O2/c18-17(19)21-13-8-4-7-12(9-13)16(20)15-10-14(15)11-5-2-1-3-6-11/h1-9,14-15,17H,10H2. The van der Waals surface area contributed by atoms with Crippen LogP contribution in [0.3, 0.4) is 0 Å². The Morgan fingerprint density at radius 2 is 1.86 bits per heavy atom. The lowest BCUT2D eigenvalue weighted by Crippen LogP contribution is -2.06. The molecule has 108 valence electrons. The van der Waals surface area contributed by atoms with Crippen molar-refractivity contribution in [1.29, 1.82) is 0 Å². The van der Waals surface area contributed by atoms with Gasteiger partial charge in [0.2, 0.25) is 0 Å². The highest BCUT2D eigenvalue weighted by Crippen LogP contribution is 2.49. The summed E-state index contributed by atoms with van der Waals surface area (Å²) in [4.78, 5) is 12.4. The Morgan fingerprint density at radius 3 is 2.57 bits per heavy atom. The molecule has 2 unspecified atom stereocenters. The highest BCUT2D eigenvalue weighted by molar-refractivity contribution is 6.00. The molecule has 0 aromatic heterocycles. The van der Waals surface area contributed by atoms with Crippen LogP contribution < -0.4 is 4.74 Å². The summed E-state index contributed by atoms with van der Waals surface area (Å²) in [5.74, 6) is 0.184. The van der Waals surface area contributed by atoms with E-state index < -0.39 is 6.61 Å². The molecular weight excluding hydrogens is 274 g/mol. The molecule has 2 nitrogen and oxygen atoms in total. The van der Waals surface area contributed by atoms with E-state index in [0.717, 1.165) is 12.0 Å². The second-order valence-corrected chi connectivity index (χ2v) is 5.13. The Balaban J connectivity index is 1.72. The van der Waals surface area contributed by atoms with Gasteiger partial charge in [-0.25, -0.2) is 0 Å². The van der Waals surface area contributed by atoms with Crippen LogP contribution in [0, 0.1) is 5.92 Å². The molecule has 1 saturated carbocycles. The molecule has 0 bridgehead atoms. The van der Waals surface area contributed by atoms with Gasteiger partial charge in [-0.3, -0.25) is 4.79 Å². The van der Waals surface area contributed by atoms with Crippen molar-refractivity contribution >= 4 is 5.78 Å². The first-order valence-electron chi connectivity index (χ1n) is 6.79. The second-order valence-electron chi connectivity index (χ2n) is 5.13. The van der Waals surface area contributed by atoms with E-state index in [4.69, 9.17) is 0 Å². The lowest BCUT2D eigenvalue weighted by Gasteiger charge is -2.06. The molecule has 0 aliphatic heterocycles. The monoisotopic (exact) mass is 288 g/mol. The van der Waals surface area contributed by atoms with Crippen LogP contribution in [0.15, 0.2) is 54.6 Å². The first kappa shape index (κ1) is 13.7. The first-order chi connectivity index (χ1) is 10.1. The summed E-state index contributed by atoms with van der Waals surface area (Å²) in [7, 11) is 0. The number of ether oxygens (including phenoxy) is 1. The molecule has 1 fully saturated rings. The Hall–Kier alpha value is -2.23. The molecule has 4 heteroatoms. The van der Waals surface area contributed by atoms with E-state index in [1.807, 2.05) is 30.3 Å². The molecule has 3 rings (SSSR count). The molecule has 1 aliphatic carbocycles. The molecule has 0 heterocycles. The number of carbonyl (C=O) groups is 1. The topological polar surface area (TPSA) is 26.3 Å². The number of Topliss-reactive ketones (excluding diaryl/α,β-unsaturated/α-hetero) is 1. The minimum absolute atomic E-state index is 0.0106. The van der Waals surface area contributed by atoms with Crippen molar-refractivity contribution in [2.24, 2.45) is 5.92 Å². The number of hydrogen-bond acceptors (Lipinski definition) is 2. The molecule has 0 spiro atoms. The van der Waals surface area contributed by atoms with Gasteiger partial charge in [0.25, 0.3) is 0 Å². The third kappa shape index (κ3) is 3.10. The van der Waals surface area contributed by atoms with Crippen LogP contribution in [0.25, 0.3) is 0 Å². The van der Waals surface area contributed by atoms with Gasteiger partial charge in [0.15, 0.2) is 5.78 Å². The van der Waals surface area contributed by atoms with Gasteiger partial charge in [0.05, 0.1) is 0 Å². The normalized spacial score (nSPS) is 20.3. The van der Waals surface area contributed by atoms with E-state index in [-0.39, 0.29) is 23.4 Å². The minimum Gasteiger partial charge on any atom is -0.435 e. The van der Waals surface area contributed by atoms with Gasteiger partial charge in [-0.1, -0.05) is 42.5 Å². The Bertz CT molecular complexity index is 640. The SMILES string of the molecule is O=C(c1cccc(OC(F)F)c1)C1CC1c1ccccc1. The number of rotatable bonds is 5. The number of hydrogen-bond donors (Lipinski definition) is 0. The van der Waals surface area contributed by atoms with Crippen LogP contribution in [0.1, 0.15) is 28.3 Å². The molecule has 0 radical (unpaired) electrons. The smallest absolute Gasteiger partial charge is 0.387 e. The summed E-state index contributed by atoms with van der Waals surface area (Å²) in [5.41, 5.74) is 1.58. The van der Waals surface area contributed by atoms with Crippen molar-refractivity contribution in [2.45, 2.75) is 19.0 Å². The van der Waals surface area contributed by atoms with E-state index in [1.165, 1.54) is 12.1 Å². The summed E-state index contributed by atoms with van der Waals surface area (Å²) >= 11 is 0. The summed E-state index contributed by atoms with van der Waals surface area (Å²) in [6, 6.07) is 15.9. The van der Waals surface area contributed by atoms with Crippen molar-refractivity contribution in [3.8, 4) is 5.75 Å². The predicted molar refractivity (Wildman–Crippen MR) is 74.7 cm³/mol. The lowest BCUT2D eigenvalue weighted by atomic mass is 10.0. The molecule has 2 aromatic rings. The fourth-order valence-corrected chi connectivity index (χ4v) is 2.59. The van der Waals surface area contributed by atoms with Crippen molar-refractivity contribution in [1.82, 2.24) is 0 Å². The largest absolute Gasteiger partial charge is 0.435 e. The lowest BCUT2D eigenvalue weighted by molar-refractivity contribution is -0.0498. The molecule has 21 heavy (non-hydrogen) atoms. The maximum absolute atomic E-state index is 12.4. The van der Waals surface area contributed by atoms with Gasteiger partial charge < -0.3 is 4.74 Å². The fraction of sp³-hybridized carbons (Fsp3) is 0.235. The third-order valence-electron chi connectivity index (χ3n) is 3.70. The van der Waals surface area contributed by atoms with Crippen LogP contribution in [0.4, 0.5) is 8.78 Å². The zero-order valence-electron chi connectivity index (χ0n) is 11.2. The van der Waals surface area contributed by atoms with Gasteiger partial charge in [0.1, 0.15) is 5.75 Å². The van der Waals surface area contributed by atoms with E-state index in [9.17, 15) is 13.6 Å². The quantitative estimate of drug-likeness (QED) is 0.768. The molecule has 2 atom stereocenters. The number of alkyl halides is 2. The summed E-state index contributed by atoms with van der Waals surface area (Å²) in [6.07, 6.45) is 0.808. The van der Waals surface area contributed by atoms with Gasteiger partial charge in [-0.05, 0) is 30.0 Å². The van der Waals surface area contributed by atoms with Crippen LogP contribution in [0.2, 0.25) is 0 Å². The molecule has 0 amide bonds. The van der Waals surface area contributed by atoms with E-state index in [2.05, 4.69) is 4.74 Å². The highest BCUT2D eigenvalue weighted by Gasteiger charge is 2.43. The Labute approximate surface area is 121 Å². The van der Waals surface area contributed by atoms with E-state index in [0.29, 0.717) is 5.56 Å². The second kappa shape index (κ2) is 5.64. The van der Waals surface area contributed by atoms with Gasteiger partial charge >= 0.3 is 6.61 Å². The Morgan fingerprint density at radius 1 is 1.10 bits per heavy atom. The molecule has 0 N–H and O–H groups in total. The first-order valence-corrected chi connectivity index (χ1v) is 6.79. The highest BCUT2D eigenvalue weighted by atomic mass is 19.3. The zero-order chi connectivity index (χ0) is 14.8. The van der Waals surface area contributed by atoms with Crippen molar-refractivity contribution < 1.29 is 18.3 Å². The average molecular weight is 288 g/mol. The molecule has 0 saturated heterocycles. The Kier molecular flexibility index (Phi) is 3.69. The average Bonchev–Trinajstić information content (AvgIpc) is 3.27. The predicted octanol–water partition coefficient (Wildman–Crippen LogP) is 4.27. The van der Waals surface area contributed by atoms with Crippen molar-refractivity contribution in [2.75, 3.05) is 0 Å².